The molecular weight excluding hydrogens is 274 g/mol. The molecule has 0 saturated carbocycles. The van der Waals surface area contributed by atoms with E-state index in [1.54, 1.807) is 18.5 Å². The van der Waals surface area contributed by atoms with Gasteiger partial charge in [-0.3, -0.25) is 4.79 Å². The quantitative estimate of drug-likeness (QED) is 0.870. The van der Waals surface area contributed by atoms with Gasteiger partial charge in [0.2, 0.25) is 0 Å². The van der Waals surface area contributed by atoms with Gasteiger partial charge in [-0.15, -0.1) is 0 Å². The van der Waals surface area contributed by atoms with Crippen LogP contribution in [-0.2, 0) is 4.79 Å². The predicted octanol–water partition coefficient (Wildman–Crippen LogP) is 3.88. The van der Waals surface area contributed by atoms with Gasteiger partial charge in [0.1, 0.15) is 0 Å². The van der Waals surface area contributed by atoms with Crippen molar-refractivity contribution in [1.29, 1.82) is 0 Å². The highest BCUT2D eigenvalue weighted by atomic mass is 16.1. The van der Waals surface area contributed by atoms with E-state index in [0.29, 0.717) is 12.2 Å². The van der Waals surface area contributed by atoms with Gasteiger partial charge in [0, 0.05) is 30.6 Å². The molecule has 0 radical (unpaired) electrons. The van der Waals surface area contributed by atoms with Gasteiger partial charge in [0.15, 0.2) is 11.6 Å². The van der Waals surface area contributed by atoms with Crippen molar-refractivity contribution < 1.29 is 4.79 Å². The molecule has 1 aromatic carbocycles. The van der Waals surface area contributed by atoms with Crippen molar-refractivity contribution in [2.24, 2.45) is 4.99 Å². The fourth-order valence-corrected chi connectivity index (χ4v) is 2.34. The number of hydrogen-bond acceptors (Lipinski definition) is 4. The van der Waals surface area contributed by atoms with E-state index in [-0.39, 0.29) is 5.78 Å². The van der Waals surface area contributed by atoms with E-state index >= 15 is 0 Å². The number of carbonyl (C=O) groups excluding carboxylic acids is 1. The topological polar surface area (TPSA) is 54.4 Å². The lowest BCUT2D eigenvalue weighted by atomic mass is 10.0. The molecule has 0 spiro atoms. The Morgan fingerprint density at radius 3 is 2.77 bits per heavy atom. The zero-order valence-electron chi connectivity index (χ0n) is 12.2. The first-order valence-electron chi connectivity index (χ1n) is 7.36. The highest BCUT2D eigenvalue weighted by Gasteiger charge is 2.11. The van der Waals surface area contributed by atoms with Crippen LogP contribution >= 0.6 is 0 Å². The minimum absolute atomic E-state index is 0.173. The van der Waals surface area contributed by atoms with Crippen molar-refractivity contribution in [2.45, 2.75) is 19.3 Å². The second kappa shape index (κ2) is 6.80. The van der Waals surface area contributed by atoms with Crippen LogP contribution in [0.3, 0.4) is 0 Å². The van der Waals surface area contributed by atoms with E-state index in [9.17, 15) is 4.79 Å². The van der Waals surface area contributed by atoms with Gasteiger partial charge in [-0.05, 0) is 30.5 Å². The molecule has 1 aliphatic carbocycles. The molecule has 4 heteroatoms. The summed E-state index contributed by atoms with van der Waals surface area (Å²) in [5, 5.41) is 3.28. The van der Waals surface area contributed by atoms with E-state index in [0.717, 1.165) is 29.8 Å². The van der Waals surface area contributed by atoms with Crippen LogP contribution in [0.2, 0.25) is 0 Å². The van der Waals surface area contributed by atoms with Crippen LogP contribution in [-0.4, -0.2) is 17.0 Å². The van der Waals surface area contributed by atoms with Crippen molar-refractivity contribution in [2.75, 3.05) is 5.32 Å². The SMILES string of the molecule is O=C1C=C(Nc2cccnc2/N=C/c2ccccc2)CCC1. The Hall–Kier alpha value is -2.75. The number of carbonyl (C=O) groups is 1. The third kappa shape index (κ3) is 3.67. The number of allylic oxidation sites excluding steroid dienone is 2. The molecule has 0 unspecified atom stereocenters. The maximum absolute atomic E-state index is 11.5. The molecule has 0 saturated heterocycles. The Kier molecular flexibility index (Phi) is 4.39. The summed E-state index contributed by atoms with van der Waals surface area (Å²) in [6, 6.07) is 13.7. The molecule has 0 aliphatic heterocycles. The number of benzene rings is 1. The summed E-state index contributed by atoms with van der Waals surface area (Å²) in [6.45, 7) is 0. The van der Waals surface area contributed by atoms with E-state index in [1.165, 1.54) is 0 Å². The minimum Gasteiger partial charge on any atom is -0.356 e. The predicted molar refractivity (Wildman–Crippen MR) is 88.5 cm³/mol. The first-order chi connectivity index (χ1) is 10.8. The third-order valence-electron chi connectivity index (χ3n) is 3.42. The molecule has 1 heterocycles. The number of aromatic nitrogens is 1. The Morgan fingerprint density at radius 1 is 1.09 bits per heavy atom. The lowest BCUT2D eigenvalue weighted by molar-refractivity contribution is -0.115. The standard InChI is InChI=1S/C18H17N3O/c22-16-9-4-8-15(12-16)21-17-10-5-11-19-18(17)20-13-14-6-2-1-3-7-14/h1-3,5-7,10-13,21H,4,8-9H2/b20-13+. The largest absolute Gasteiger partial charge is 0.356 e. The minimum atomic E-state index is 0.173. The highest BCUT2D eigenvalue weighted by Crippen LogP contribution is 2.25. The first-order valence-corrected chi connectivity index (χ1v) is 7.36. The molecule has 0 fully saturated rings. The van der Waals surface area contributed by atoms with Crippen molar-refractivity contribution in [1.82, 2.24) is 4.98 Å². The number of nitrogens with one attached hydrogen (secondary N) is 1. The molecule has 3 rings (SSSR count). The average Bonchev–Trinajstić information content (AvgIpc) is 2.55. The van der Waals surface area contributed by atoms with Crippen LogP contribution in [0.1, 0.15) is 24.8 Å². The maximum atomic E-state index is 11.5. The summed E-state index contributed by atoms with van der Waals surface area (Å²) >= 11 is 0. The lowest BCUT2D eigenvalue weighted by Gasteiger charge is -2.15. The van der Waals surface area contributed by atoms with E-state index in [4.69, 9.17) is 0 Å². The van der Waals surface area contributed by atoms with Crippen molar-refractivity contribution in [3.05, 3.63) is 66.0 Å². The van der Waals surface area contributed by atoms with Gasteiger partial charge in [-0.1, -0.05) is 30.3 Å². The zero-order chi connectivity index (χ0) is 15.2. The van der Waals surface area contributed by atoms with Crippen LogP contribution < -0.4 is 5.32 Å². The number of aliphatic imine (C=N–C) groups is 1. The Bertz CT molecular complexity index is 720. The van der Waals surface area contributed by atoms with Gasteiger partial charge < -0.3 is 5.32 Å². The molecule has 22 heavy (non-hydrogen) atoms. The van der Waals surface area contributed by atoms with Crippen LogP contribution in [0.15, 0.2) is 65.4 Å². The van der Waals surface area contributed by atoms with Crippen LogP contribution in [0.5, 0.6) is 0 Å². The number of nitrogens with zero attached hydrogens (tertiary/aromatic N) is 2. The monoisotopic (exact) mass is 291 g/mol. The van der Waals surface area contributed by atoms with E-state index < -0.39 is 0 Å². The van der Waals surface area contributed by atoms with Crippen LogP contribution in [0, 0.1) is 0 Å². The summed E-state index contributed by atoms with van der Waals surface area (Å²) in [5.74, 6) is 0.789. The molecule has 0 atom stereocenters. The Balaban J connectivity index is 1.81. The van der Waals surface area contributed by atoms with E-state index in [1.807, 2.05) is 42.5 Å². The lowest BCUT2D eigenvalue weighted by Crippen LogP contribution is -2.09. The molecule has 0 amide bonds. The molecule has 0 bridgehead atoms. The van der Waals surface area contributed by atoms with Crippen molar-refractivity contribution in [3.63, 3.8) is 0 Å². The molecule has 1 N–H and O–H groups in total. The summed E-state index contributed by atoms with van der Waals surface area (Å²) in [4.78, 5) is 20.3. The second-order valence-corrected chi connectivity index (χ2v) is 5.16. The van der Waals surface area contributed by atoms with Gasteiger partial charge in [-0.25, -0.2) is 9.98 Å². The smallest absolute Gasteiger partial charge is 0.175 e. The summed E-state index contributed by atoms with van der Waals surface area (Å²) in [6.07, 6.45) is 7.58. The van der Waals surface area contributed by atoms with Gasteiger partial charge in [0.05, 0.1) is 5.69 Å². The van der Waals surface area contributed by atoms with Crippen LogP contribution in [0.25, 0.3) is 0 Å². The molecule has 2 aromatic rings. The zero-order valence-corrected chi connectivity index (χ0v) is 12.2. The number of hydrogen-bond donors (Lipinski definition) is 1. The van der Waals surface area contributed by atoms with E-state index in [2.05, 4.69) is 15.3 Å². The van der Waals surface area contributed by atoms with Crippen LogP contribution in [0.4, 0.5) is 11.5 Å². The molecule has 110 valence electrons. The number of ketones is 1. The molecular formula is C18H17N3O. The Labute approximate surface area is 129 Å². The highest BCUT2D eigenvalue weighted by molar-refractivity contribution is 5.92. The van der Waals surface area contributed by atoms with Gasteiger partial charge in [0.25, 0.3) is 0 Å². The summed E-state index contributed by atoms with van der Waals surface area (Å²) in [7, 11) is 0. The first kappa shape index (κ1) is 14.2. The van der Waals surface area contributed by atoms with Gasteiger partial charge >= 0.3 is 0 Å². The Morgan fingerprint density at radius 2 is 1.95 bits per heavy atom. The molecule has 1 aliphatic rings. The molecule has 1 aromatic heterocycles. The summed E-state index contributed by atoms with van der Waals surface area (Å²) < 4.78 is 0. The van der Waals surface area contributed by atoms with Crippen molar-refractivity contribution in [3.8, 4) is 0 Å². The fourth-order valence-electron chi connectivity index (χ4n) is 2.34. The average molecular weight is 291 g/mol. The number of pyridine rings is 1. The fraction of sp³-hybridized carbons (Fsp3) is 0.167. The number of rotatable bonds is 4. The van der Waals surface area contributed by atoms with Crippen molar-refractivity contribution >= 4 is 23.5 Å². The number of anilines is 1. The summed E-state index contributed by atoms with van der Waals surface area (Å²) in [5.41, 5.74) is 2.77. The normalized spacial score (nSPS) is 14.9. The maximum Gasteiger partial charge on any atom is 0.175 e. The third-order valence-corrected chi connectivity index (χ3v) is 3.42. The second-order valence-electron chi connectivity index (χ2n) is 5.16. The van der Waals surface area contributed by atoms with Gasteiger partial charge in [-0.2, -0.15) is 0 Å². The molecule has 4 nitrogen and oxygen atoms in total.